The second-order valence-electron chi connectivity index (χ2n) is 6.56. The minimum absolute atomic E-state index is 0.182. The van der Waals surface area contributed by atoms with Crippen LogP contribution in [0.1, 0.15) is 61.2 Å². The van der Waals surface area contributed by atoms with Gasteiger partial charge < -0.3 is 14.1 Å². The minimum Gasteiger partial charge on any atom is -0.424 e. The van der Waals surface area contributed by atoms with Crippen molar-refractivity contribution >= 4 is 0 Å². The third kappa shape index (κ3) is 3.30. The van der Waals surface area contributed by atoms with E-state index in [1.54, 1.807) is 7.11 Å². The molecule has 0 bridgehead atoms. The zero-order valence-electron chi connectivity index (χ0n) is 14.5. The number of likely N-dealkylation sites (tertiary alicyclic amines) is 1. The summed E-state index contributed by atoms with van der Waals surface area (Å²) < 4.78 is 11.3. The Hall–Kier alpha value is -1.73. The average Bonchev–Trinajstić information content (AvgIpc) is 3.20. The van der Waals surface area contributed by atoms with Crippen LogP contribution in [0.25, 0.3) is 0 Å². The van der Waals surface area contributed by atoms with Gasteiger partial charge in [0.2, 0.25) is 11.8 Å². The molecular weight excluding hydrogens is 294 g/mol. The molecule has 0 amide bonds. The SMILES string of the molecule is CO[C@@H]1C[C@@H](c2nc(C)c(C)[nH]2)N(Cc2nnc(C(C)C)o2)C1. The summed E-state index contributed by atoms with van der Waals surface area (Å²) >= 11 is 0. The van der Waals surface area contributed by atoms with E-state index >= 15 is 0 Å². The summed E-state index contributed by atoms with van der Waals surface area (Å²) in [6.07, 6.45) is 1.10. The van der Waals surface area contributed by atoms with Crippen molar-refractivity contribution in [2.75, 3.05) is 13.7 Å². The maximum absolute atomic E-state index is 5.75. The molecular formula is C16H25N5O2. The standard InChI is InChI=1S/C16H25N5O2/c1-9(2)16-20-19-14(23-16)8-21-7-12(22-5)6-13(21)15-17-10(3)11(4)18-15/h9,12-13H,6-8H2,1-5H3,(H,17,18)/t12-,13+/m1/s1. The zero-order valence-corrected chi connectivity index (χ0v) is 14.5. The van der Waals surface area contributed by atoms with Gasteiger partial charge in [0.15, 0.2) is 0 Å². The Kier molecular flexibility index (Phi) is 4.50. The van der Waals surface area contributed by atoms with Crippen LogP contribution in [-0.2, 0) is 11.3 Å². The minimum atomic E-state index is 0.182. The second kappa shape index (κ2) is 6.41. The predicted molar refractivity (Wildman–Crippen MR) is 85.0 cm³/mol. The van der Waals surface area contributed by atoms with Crippen LogP contribution in [0.15, 0.2) is 4.42 Å². The van der Waals surface area contributed by atoms with Crippen molar-refractivity contribution in [3.8, 4) is 0 Å². The zero-order chi connectivity index (χ0) is 16.6. The van der Waals surface area contributed by atoms with Crippen LogP contribution in [0.2, 0.25) is 0 Å². The Balaban J connectivity index is 1.79. The van der Waals surface area contributed by atoms with Crippen molar-refractivity contribution in [1.29, 1.82) is 0 Å². The monoisotopic (exact) mass is 319 g/mol. The molecule has 1 aliphatic heterocycles. The first kappa shape index (κ1) is 16.1. The highest BCUT2D eigenvalue weighted by Crippen LogP contribution is 2.33. The van der Waals surface area contributed by atoms with Gasteiger partial charge in [-0.1, -0.05) is 13.8 Å². The number of rotatable bonds is 5. The number of hydrogen-bond donors (Lipinski definition) is 1. The average molecular weight is 319 g/mol. The number of methoxy groups -OCH3 is 1. The van der Waals surface area contributed by atoms with Crippen LogP contribution in [0.3, 0.4) is 0 Å². The highest BCUT2D eigenvalue weighted by molar-refractivity contribution is 5.14. The lowest BCUT2D eigenvalue weighted by Crippen LogP contribution is -2.25. The fourth-order valence-electron chi connectivity index (χ4n) is 2.96. The van der Waals surface area contributed by atoms with Gasteiger partial charge in [-0.15, -0.1) is 10.2 Å². The summed E-state index contributed by atoms with van der Waals surface area (Å²) in [4.78, 5) is 10.4. The summed E-state index contributed by atoms with van der Waals surface area (Å²) in [5, 5.41) is 8.29. The summed E-state index contributed by atoms with van der Waals surface area (Å²) in [6.45, 7) is 9.61. The van der Waals surface area contributed by atoms with Gasteiger partial charge in [-0.25, -0.2) is 4.98 Å². The molecule has 1 aliphatic rings. The molecule has 1 saturated heterocycles. The summed E-state index contributed by atoms with van der Waals surface area (Å²) in [5.74, 6) is 2.56. The fourth-order valence-corrected chi connectivity index (χ4v) is 2.96. The van der Waals surface area contributed by atoms with E-state index in [4.69, 9.17) is 9.15 Å². The number of aryl methyl sites for hydroxylation is 2. The topological polar surface area (TPSA) is 80.1 Å². The summed E-state index contributed by atoms with van der Waals surface area (Å²) in [7, 11) is 1.76. The van der Waals surface area contributed by atoms with Crippen molar-refractivity contribution in [3.05, 3.63) is 29.0 Å². The maximum Gasteiger partial charge on any atom is 0.230 e. The Morgan fingerprint density at radius 1 is 1.35 bits per heavy atom. The molecule has 2 atom stereocenters. The largest absolute Gasteiger partial charge is 0.424 e. The number of nitrogens with one attached hydrogen (secondary N) is 1. The Morgan fingerprint density at radius 2 is 2.13 bits per heavy atom. The molecule has 3 rings (SSSR count). The third-order valence-electron chi connectivity index (χ3n) is 4.48. The van der Waals surface area contributed by atoms with E-state index in [1.807, 2.05) is 27.7 Å². The molecule has 1 N–H and O–H groups in total. The van der Waals surface area contributed by atoms with E-state index in [1.165, 1.54) is 0 Å². The maximum atomic E-state index is 5.75. The molecule has 7 heteroatoms. The Bertz CT molecular complexity index is 644. The molecule has 126 valence electrons. The molecule has 3 heterocycles. The summed E-state index contributed by atoms with van der Waals surface area (Å²) in [6, 6.07) is 0.182. The molecule has 2 aromatic rings. The van der Waals surface area contributed by atoms with Gasteiger partial charge >= 0.3 is 0 Å². The van der Waals surface area contributed by atoms with Crippen LogP contribution < -0.4 is 0 Å². The number of aromatic amines is 1. The molecule has 0 unspecified atom stereocenters. The quantitative estimate of drug-likeness (QED) is 0.912. The molecule has 1 fully saturated rings. The first-order chi connectivity index (χ1) is 11.0. The molecule has 23 heavy (non-hydrogen) atoms. The number of imidazole rings is 1. The molecule has 7 nitrogen and oxygen atoms in total. The van der Waals surface area contributed by atoms with Gasteiger partial charge in [-0.3, -0.25) is 4.90 Å². The van der Waals surface area contributed by atoms with Gasteiger partial charge in [0.05, 0.1) is 24.4 Å². The highest BCUT2D eigenvalue weighted by atomic mass is 16.5. The second-order valence-corrected chi connectivity index (χ2v) is 6.56. The Labute approximate surface area is 136 Å². The van der Waals surface area contributed by atoms with Gasteiger partial charge in [0, 0.05) is 25.3 Å². The highest BCUT2D eigenvalue weighted by Gasteiger charge is 2.36. The molecule has 0 spiro atoms. The molecule has 2 aromatic heterocycles. The van der Waals surface area contributed by atoms with E-state index in [-0.39, 0.29) is 18.1 Å². The summed E-state index contributed by atoms with van der Waals surface area (Å²) in [5.41, 5.74) is 2.15. The Morgan fingerprint density at radius 3 is 2.70 bits per heavy atom. The van der Waals surface area contributed by atoms with E-state index in [0.29, 0.717) is 18.3 Å². The van der Waals surface area contributed by atoms with E-state index in [9.17, 15) is 0 Å². The number of ether oxygens (including phenoxy) is 1. The molecule has 0 radical (unpaired) electrons. The van der Waals surface area contributed by atoms with Crippen LogP contribution in [-0.4, -0.2) is 44.8 Å². The van der Waals surface area contributed by atoms with Crippen molar-refractivity contribution in [2.45, 2.75) is 58.7 Å². The van der Waals surface area contributed by atoms with E-state index in [0.717, 1.165) is 30.2 Å². The first-order valence-electron chi connectivity index (χ1n) is 8.10. The number of hydrogen-bond acceptors (Lipinski definition) is 6. The van der Waals surface area contributed by atoms with Crippen LogP contribution in [0.4, 0.5) is 0 Å². The van der Waals surface area contributed by atoms with Crippen LogP contribution in [0.5, 0.6) is 0 Å². The van der Waals surface area contributed by atoms with Crippen molar-refractivity contribution in [2.24, 2.45) is 0 Å². The first-order valence-corrected chi connectivity index (χ1v) is 8.10. The van der Waals surface area contributed by atoms with E-state index in [2.05, 4.69) is 25.1 Å². The lowest BCUT2D eigenvalue weighted by molar-refractivity contribution is 0.105. The molecule has 0 aliphatic carbocycles. The van der Waals surface area contributed by atoms with Gasteiger partial charge in [0.1, 0.15) is 5.82 Å². The van der Waals surface area contributed by atoms with Crippen molar-refractivity contribution in [3.63, 3.8) is 0 Å². The predicted octanol–water partition coefficient (Wildman–Crippen LogP) is 2.49. The number of H-pyrrole nitrogens is 1. The number of aromatic nitrogens is 4. The van der Waals surface area contributed by atoms with Gasteiger partial charge in [-0.2, -0.15) is 0 Å². The van der Waals surface area contributed by atoms with Crippen LogP contribution >= 0.6 is 0 Å². The molecule has 0 aromatic carbocycles. The van der Waals surface area contributed by atoms with Crippen molar-refractivity contribution in [1.82, 2.24) is 25.1 Å². The third-order valence-corrected chi connectivity index (χ3v) is 4.48. The van der Waals surface area contributed by atoms with Gasteiger partial charge in [0.25, 0.3) is 0 Å². The van der Waals surface area contributed by atoms with Crippen LogP contribution in [0, 0.1) is 13.8 Å². The normalized spacial score (nSPS) is 22.3. The number of nitrogens with zero attached hydrogens (tertiary/aromatic N) is 4. The van der Waals surface area contributed by atoms with Crippen molar-refractivity contribution < 1.29 is 9.15 Å². The lowest BCUT2D eigenvalue weighted by atomic mass is 10.2. The molecule has 0 saturated carbocycles. The smallest absolute Gasteiger partial charge is 0.230 e. The lowest BCUT2D eigenvalue weighted by Gasteiger charge is -2.20. The van der Waals surface area contributed by atoms with Gasteiger partial charge in [-0.05, 0) is 20.3 Å². The fraction of sp³-hybridized carbons (Fsp3) is 0.688. The van der Waals surface area contributed by atoms with E-state index < -0.39 is 0 Å².